The van der Waals surface area contributed by atoms with E-state index in [9.17, 15) is 0 Å². The minimum atomic E-state index is 0.766. The summed E-state index contributed by atoms with van der Waals surface area (Å²) in [4.78, 5) is 2.81. The zero-order valence-electron chi connectivity index (χ0n) is 15.3. The molecule has 0 amide bonds. The summed E-state index contributed by atoms with van der Waals surface area (Å²) in [7, 11) is 0. The first kappa shape index (κ1) is 19.0. The van der Waals surface area contributed by atoms with Crippen LogP contribution in [0, 0.1) is 11.8 Å². The van der Waals surface area contributed by atoms with Crippen LogP contribution in [0.1, 0.15) is 79.6 Å². The molecule has 0 heterocycles. The Morgan fingerprint density at radius 1 is 1.05 bits per heavy atom. The molecule has 126 valence electrons. The Balaban J connectivity index is 2.64. The third kappa shape index (κ3) is 6.69. The summed E-state index contributed by atoms with van der Waals surface area (Å²) < 4.78 is 0. The second-order valence-electron chi connectivity index (χ2n) is 7.42. The maximum atomic E-state index is 3.83. The van der Waals surface area contributed by atoms with E-state index in [0.717, 1.165) is 23.9 Å². The van der Waals surface area contributed by atoms with Gasteiger partial charge >= 0.3 is 0 Å². The summed E-state index contributed by atoms with van der Waals surface area (Å²) in [6, 6.07) is 1.55. The standard InChI is InChI=1S/C19H40N2/c1-6-13-20-19-12-10-9-11-17(19)15-21(14-16(4)5)18(7-2)8-3/h16-20H,6-15H2,1-5H3. The summed E-state index contributed by atoms with van der Waals surface area (Å²) in [5.41, 5.74) is 0. The molecule has 1 saturated carbocycles. The number of nitrogens with one attached hydrogen (secondary N) is 1. The lowest BCUT2D eigenvalue weighted by Gasteiger charge is -2.39. The molecule has 1 rings (SSSR count). The van der Waals surface area contributed by atoms with E-state index in [2.05, 4.69) is 44.8 Å². The van der Waals surface area contributed by atoms with Gasteiger partial charge in [-0.2, -0.15) is 0 Å². The van der Waals surface area contributed by atoms with Crippen molar-refractivity contribution in [1.29, 1.82) is 0 Å². The van der Waals surface area contributed by atoms with Gasteiger partial charge < -0.3 is 5.32 Å². The average molecular weight is 297 g/mol. The zero-order valence-corrected chi connectivity index (χ0v) is 15.3. The summed E-state index contributed by atoms with van der Waals surface area (Å²) >= 11 is 0. The SMILES string of the molecule is CCCNC1CCCCC1CN(CC(C)C)C(CC)CC. The van der Waals surface area contributed by atoms with Crippen LogP contribution >= 0.6 is 0 Å². The molecule has 2 nitrogen and oxygen atoms in total. The average Bonchev–Trinajstić information content (AvgIpc) is 2.47. The Morgan fingerprint density at radius 2 is 1.71 bits per heavy atom. The van der Waals surface area contributed by atoms with Gasteiger partial charge in [-0.1, -0.05) is 47.5 Å². The first-order valence-electron chi connectivity index (χ1n) is 9.59. The summed E-state index contributed by atoms with van der Waals surface area (Å²) in [5.74, 6) is 1.64. The second kappa shape index (κ2) is 10.6. The lowest BCUT2D eigenvalue weighted by atomic mass is 9.83. The van der Waals surface area contributed by atoms with Crippen molar-refractivity contribution in [3.05, 3.63) is 0 Å². The van der Waals surface area contributed by atoms with Crippen LogP contribution < -0.4 is 5.32 Å². The van der Waals surface area contributed by atoms with Gasteiger partial charge in [0.25, 0.3) is 0 Å². The highest BCUT2D eigenvalue weighted by atomic mass is 15.2. The van der Waals surface area contributed by atoms with Crippen LogP contribution in [0.3, 0.4) is 0 Å². The lowest BCUT2D eigenvalue weighted by molar-refractivity contribution is 0.110. The predicted molar refractivity (Wildman–Crippen MR) is 94.8 cm³/mol. The third-order valence-corrected chi connectivity index (χ3v) is 5.09. The Kier molecular flexibility index (Phi) is 9.59. The van der Waals surface area contributed by atoms with E-state index in [1.807, 2.05) is 0 Å². The van der Waals surface area contributed by atoms with Crippen molar-refractivity contribution in [3.8, 4) is 0 Å². The van der Waals surface area contributed by atoms with Gasteiger partial charge in [-0.25, -0.2) is 0 Å². The van der Waals surface area contributed by atoms with Gasteiger partial charge in [0.05, 0.1) is 0 Å². The Hall–Kier alpha value is -0.0800. The van der Waals surface area contributed by atoms with Crippen molar-refractivity contribution in [2.45, 2.75) is 91.6 Å². The van der Waals surface area contributed by atoms with Gasteiger partial charge in [-0.3, -0.25) is 4.90 Å². The first-order chi connectivity index (χ1) is 10.1. The van der Waals surface area contributed by atoms with Crippen LogP contribution in [0.4, 0.5) is 0 Å². The molecule has 0 radical (unpaired) electrons. The molecule has 0 spiro atoms. The fourth-order valence-corrected chi connectivity index (χ4v) is 3.97. The van der Waals surface area contributed by atoms with Crippen molar-refractivity contribution in [2.75, 3.05) is 19.6 Å². The Bertz CT molecular complexity index is 248. The molecule has 1 aliphatic carbocycles. The molecule has 0 aromatic carbocycles. The summed E-state index contributed by atoms with van der Waals surface area (Å²) in [6.07, 6.45) is 9.52. The van der Waals surface area contributed by atoms with E-state index in [-0.39, 0.29) is 0 Å². The molecule has 0 aliphatic heterocycles. The fourth-order valence-electron chi connectivity index (χ4n) is 3.97. The molecule has 0 bridgehead atoms. The van der Waals surface area contributed by atoms with Crippen molar-refractivity contribution in [3.63, 3.8) is 0 Å². The molecule has 1 N–H and O–H groups in total. The molecule has 21 heavy (non-hydrogen) atoms. The molecule has 0 aromatic rings. The van der Waals surface area contributed by atoms with Crippen LogP contribution in [-0.4, -0.2) is 36.6 Å². The quantitative estimate of drug-likeness (QED) is 0.629. The maximum Gasteiger partial charge on any atom is 0.0107 e. The first-order valence-corrected chi connectivity index (χ1v) is 9.59. The summed E-state index contributed by atoms with van der Waals surface area (Å²) in [5, 5.41) is 3.83. The molecule has 2 atom stereocenters. The zero-order chi connectivity index (χ0) is 15.7. The van der Waals surface area contributed by atoms with Crippen LogP contribution in [0.25, 0.3) is 0 Å². The van der Waals surface area contributed by atoms with Crippen LogP contribution in [0.15, 0.2) is 0 Å². The van der Waals surface area contributed by atoms with E-state index >= 15 is 0 Å². The topological polar surface area (TPSA) is 15.3 Å². The molecule has 1 aliphatic rings. The van der Waals surface area contributed by atoms with Crippen molar-refractivity contribution >= 4 is 0 Å². The van der Waals surface area contributed by atoms with E-state index in [0.29, 0.717) is 0 Å². The predicted octanol–water partition coefficient (Wildman–Crippen LogP) is 4.69. The van der Waals surface area contributed by atoms with E-state index in [1.165, 1.54) is 64.6 Å². The second-order valence-corrected chi connectivity index (χ2v) is 7.42. The van der Waals surface area contributed by atoms with Gasteiger partial charge in [0, 0.05) is 25.2 Å². The Morgan fingerprint density at radius 3 is 2.29 bits per heavy atom. The van der Waals surface area contributed by atoms with Crippen molar-refractivity contribution in [1.82, 2.24) is 10.2 Å². The third-order valence-electron chi connectivity index (χ3n) is 5.09. The highest BCUT2D eigenvalue weighted by Crippen LogP contribution is 2.27. The molecule has 2 heteroatoms. The maximum absolute atomic E-state index is 3.83. The van der Waals surface area contributed by atoms with E-state index in [4.69, 9.17) is 0 Å². The van der Waals surface area contributed by atoms with Gasteiger partial charge in [0.15, 0.2) is 0 Å². The monoisotopic (exact) mass is 296 g/mol. The molecular weight excluding hydrogens is 256 g/mol. The fraction of sp³-hybridized carbons (Fsp3) is 1.00. The Labute approximate surface area is 134 Å². The molecule has 0 saturated heterocycles. The van der Waals surface area contributed by atoms with Crippen LogP contribution in [-0.2, 0) is 0 Å². The van der Waals surface area contributed by atoms with Crippen molar-refractivity contribution in [2.24, 2.45) is 11.8 Å². The van der Waals surface area contributed by atoms with Crippen LogP contribution in [0.5, 0.6) is 0 Å². The highest BCUT2D eigenvalue weighted by Gasteiger charge is 2.28. The van der Waals surface area contributed by atoms with Gasteiger partial charge in [-0.05, 0) is 50.5 Å². The largest absolute Gasteiger partial charge is 0.314 e. The van der Waals surface area contributed by atoms with Crippen LogP contribution in [0.2, 0.25) is 0 Å². The van der Waals surface area contributed by atoms with E-state index < -0.39 is 0 Å². The normalized spacial score (nSPS) is 23.4. The minimum absolute atomic E-state index is 0.766. The summed E-state index contributed by atoms with van der Waals surface area (Å²) in [6.45, 7) is 15.5. The minimum Gasteiger partial charge on any atom is -0.314 e. The smallest absolute Gasteiger partial charge is 0.0107 e. The molecule has 1 fully saturated rings. The lowest BCUT2D eigenvalue weighted by Crippen LogP contribution is -2.47. The number of nitrogens with zero attached hydrogens (tertiary/aromatic N) is 1. The highest BCUT2D eigenvalue weighted by molar-refractivity contribution is 4.85. The van der Waals surface area contributed by atoms with Gasteiger partial charge in [0.2, 0.25) is 0 Å². The molecular formula is C19H40N2. The molecule has 2 unspecified atom stereocenters. The number of rotatable bonds is 10. The van der Waals surface area contributed by atoms with Crippen molar-refractivity contribution < 1.29 is 0 Å². The number of hydrogen-bond donors (Lipinski definition) is 1. The van der Waals surface area contributed by atoms with Gasteiger partial charge in [0.1, 0.15) is 0 Å². The van der Waals surface area contributed by atoms with Gasteiger partial charge in [-0.15, -0.1) is 0 Å². The number of hydrogen-bond acceptors (Lipinski definition) is 2. The van der Waals surface area contributed by atoms with E-state index in [1.54, 1.807) is 0 Å². The molecule has 0 aromatic heterocycles.